The van der Waals surface area contributed by atoms with Crippen LogP contribution in [0.4, 0.5) is 0 Å². The van der Waals surface area contributed by atoms with Crippen LogP contribution in [0.3, 0.4) is 0 Å². The average Bonchev–Trinajstić information content (AvgIpc) is 2.29. The van der Waals surface area contributed by atoms with Crippen LogP contribution >= 0.6 is 12.2 Å². The van der Waals surface area contributed by atoms with Crippen LogP contribution in [-0.4, -0.2) is 9.97 Å². The van der Waals surface area contributed by atoms with Crippen LogP contribution in [0.5, 0.6) is 0 Å². The van der Waals surface area contributed by atoms with Crippen LogP contribution in [0.1, 0.15) is 30.9 Å². The lowest BCUT2D eigenvalue weighted by molar-refractivity contribution is 0.844. The summed E-state index contributed by atoms with van der Waals surface area (Å²) in [5.74, 6) is 0.365. The van der Waals surface area contributed by atoms with Crippen molar-refractivity contribution in [1.82, 2.24) is 9.97 Å². The van der Waals surface area contributed by atoms with Crippen LogP contribution in [-0.2, 0) is 0 Å². The standard InChI is InChI=1S/C14H16N2S/c1-9(2)12-13(15-8-16-14(12)17)11-6-4-10(3)5-7-11/h4-9H,1-3H3,(H,15,16,17). The van der Waals surface area contributed by atoms with E-state index in [9.17, 15) is 0 Å². The van der Waals surface area contributed by atoms with Crippen molar-refractivity contribution >= 4 is 12.2 Å². The van der Waals surface area contributed by atoms with Gasteiger partial charge in [-0.2, -0.15) is 0 Å². The van der Waals surface area contributed by atoms with Crippen molar-refractivity contribution in [3.05, 3.63) is 46.4 Å². The zero-order valence-electron chi connectivity index (χ0n) is 10.3. The van der Waals surface area contributed by atoms with Crippen LogP contribution in [0, 0.1) is 11.6 Å². The summed E-state index contributed by atoms with van der Waals surface area (Å²) in [4.78, 5) is 7.38. The van der Waals surface area contributed by atoms with Gasteiger partial charge in [-0.25, -0.2) is 4.98 Å². The van der Waals surface area contributed by atoms with E-state index in [2.05, 4.69) is 55.0 Å². The molecule has 0 fully saturated rings. The molecule has 0 aliphatic carbocycles. The number of hydrogen-bond donors (Lipinski definition) is 1. The predicted molar refractivity (Wildman–Crippen MR) is 73.7 cm³/mol. The number of H-pyrrole nitrogens is 1. The summed E-state index contributed by atoms with van der Waals surface area (Å²) in [6, 6.07) is 8.44. The van der Waals surface area contributed by atoms with E-state index in [1.54, 1.807) is 6.33 Å². The molecule has 0 atom stereocenters. The lowest BCUT2D eigenvalue weighted by atomic mass is 9.98. The fraction of sp³-hybridized carbons (Fsp3) is 0.286. The van der Waals surface area contributed by atoms with E-state index in [1.807, 2.05) is 0 Å². The molecule has 0 radical (unpaired) electrons. The molecule has 0 aliphatic heterocycles. The third-order valence-corrected chi connectivity index (χ3v) is 3.13. The van der Waals surface area contributed by atoms with Gasteiger partial charge in [0, 0.05) is 5.56 Å². The summed E-state index contributed by atoms with van der Waals surface area (Å²) in [6.45, 7) is 6.36. The Labute approximate surface area is 107 Å². The molecule has 0 unspecified atom stereocenters. The van der Waals surface area contributed by atoms with Crippen molar-refractivity contribution in [2.45, 2.75) is 26.7 Å². The second kappa shape index (κ2) is 4.80. The van der Waals surface area contributed by atoms with Gasteiger partial charge in [0.25, 0.3) is 0 Å². The topological polar surface area (TPSA) is 28.7 Å². The third kappa shape index (κ3) is 2.44. The van der Waals surface area contributed by atoms with Gasteiger partial charge in [0.05, 0.1) is 12.0 Å². The molecule has 2 aromatic rings. The summed E-state index contributed by atoms with van der Waals surface area (Å²) in [6.07, 6.45) is 1.67. The molecule has 0 saturated carbocycles. The molecule has 0 amide bonds. The highest BCUT2D eigenvalue weighted by atomic mass is 32.1. The fourth-order valence-electron chi connectivity index (χ4n) is 1.90. The van der Waals surface area contributed by atoms with Gasteiger partial charge in [0.15, 0.2) is 0 Å². The van der Waals surface area contributed by atoms with E-state index >= 15 is 0 Å². The molecule has 1 heterocycles. The van der Waals surface area contributed by atoms with E-state index in [1.165, 1.54) is 5.56 Å². The van der Waals surface area contributed by atoms with Crippen molar-refractivity contribution in [3.63, 3.8) is 0 Å². The quantitative estimate of drug-likeness (QED) is 0.800. The molecule has 17 heavy (non-hydrogen) atoms. The second-order valence-electron chi connectivity index (χ2n) is 4.52. The lowest BCUT2D eigenvalue weighted by Crippen LogP contribution is -1.98. The zero-order chi connectivity index (χ0) is 12.4. The molecule has 3 heteroatoms. The maximum absolute atomic E-state index is 5.31. The minimum atomic E-state index is 0.365. The first-order valence-electron chi connectivity index (χ1n) is 5.74. The Morgan fingerprint density at radius 2 is 1.82 bits per heavy atom. The summed E-state index contributed by atoms with van der Waals surface area (Å²) in [5.41, 5.74) is 4.62. The number of aryl methyl sites for hydroxylation is 1. The Hall–Kier alpha value is -1.48. The maximum Gasteiger partial charge on any atom is 0.133 e. The Bertz CT molecular complexity index is 568. The van der Waals surface area contributed by atoms with Gasteiger partial charge in [-0.15, -0.1) is 0 Å². The molecule has 0 spiro atoms. The van der Waals surface area contributed by atoms with E-state index in [-0.39, 0.29) is 0 Å². The second-order valence-corrected chi connectivity index (χ2v) is 4.90. The van der Waals surface area contributed by atoms with Gasteiger partial charge in [0.2, 0.25) is 0 Å². The molecule has 0 bridgehead atoms. The van der Waals surface area contributed by atoms with Gasteiger partial charge in [0.1, 0.15) is 4.64 Å². The number of benzene rings is 1. The van der Waals surface area contributed by atoms with E-state index in [0.29, 0.717) is 10.6 Å². The van der Waals surface area contributed by atoms with Gasteiger partial charge in [-0.3, -0.25) is 0 Å². The normalized spacial score (nSPS) is 10.8. The number of aromatic amines is 1. The molecule has 1 aromatic heterocycles. The SMILES string of the molecule is Cc1ccc(-c2[nH]cnc(=S)c2C(C)C)cc1. The Balaban J connectivity index is 2.63. The highest BCUT2D eigenvalue weighted by Crippen LogP contribution is 2.27. The minimum Gasteiger partial charge on any atom is -0.346 e. The lowest BCUT2D eigenvalue weighted by Gasteiger charge is -2.12. The smallest absolute Gasteiger partial charge is 0.133 e. The van der Waals surface area contributed by atoms with Gasteiger partial charge >= 0.3 is 0 Å². The molecule has 2 rings (SSSR count). The van der Waals surface area contributed by atoms with Crippen LogP contribution in [0.15, 0.2) is 30.6 Å². The first kappa shape index (κ1) is 12.0. The van der Waals surface area contributed by atoms with Gasteiger partial charge in [-0.05, 0) is 18.4 Å². The molecular formula is C14H16N2S. The molecule has 2 nitrogen and oxygen atoms in total. The van der Waals surface area contributed by atoms with E-state index in [0.717, 1.165) is 16.8 Å². The van der Waals surface area contributed by atoms with E-state index in [4.69, 9.17) is 12.2 Å². The Morgan fingerprint density at radius 1 is 1.18 bits per heavy atom. The molecule has 1 N–H and O–H groups in total. The molecule has 0 saturated heterocycles. The van der Waals surface area contributed by atoms with Crippen molar-refractivity contribution in [2.75, 3.05) is 0 Å². The van der Waals surface area contributed by atoms with Gasteiger partial charge < -0.3 is 4.98 Å². The highest BCUT2D eigenvalue weighted by molar-refractivity contribution is 7.71. The Kier molecular flexibility index (Phi) is 3.38. The largest absolute Gasteiger partial charge is 0.346 e. The number of nitrogens with zero attached hydrogens (tertiary/aromatic N) is 1. The summed E-state index contributed by atoms with van der Waals surface area (Å²) in [5, 5.41) is 0. The monoisotopic (exact) mass is 244 g/mol. The maximum atomic E-state index is 5.31. The summed E-state index contributed by atoms with van der Waals surface area (Å²) >= 11 is 5.31. The zero-order valence-corrected chi connectivity index (χ0v) is 11.1. The van der Waals surface area contributed by atoms with Gasteiger partial charge in [-0.1, -0.05) is 55.9 Å². The molecule has 88 valence electrons. The van der Waals surface area contributed by atoms with Crippen LogP contribution < -0.4 is 0 Å². The number of hydrogen-bond acceptors (Lipinski definition) is 2. The van der Waals surface area contributed by atoms with Crippen molar-refractivity contribution in [2.24, 2.45) is 0 Å². The highest BCUT2D eigenvalue weighted by Gasteiger charge is 2.11. The summed E-state index contributed by atoms with van der Waals surface area (Å²) < 4.78 is 0.689. The first-order chi connectivity index (χ1) is 8.09. The van der Waals surface area contributed by atoms with Crippen molar-refractivity contribution < 1.29 is 0 Å². The minimum absolute atomic E-state index is 0.365. The Morgan fingerprint density at radius 3 is 2.41 bits per heavy atom. The molecule has 1 aromatic carbocycles. The van der Waals surface area contributed by atoms with Crippen LogP contribution in [0.2, 0.25) is 0 Å². The number of rotatable bonds is 2. The first-order valence-corrected chi connectivity index (χ1v) is 6.15. The molecule has 0 aliphatic rings. The molecular weight excluding hydrogens is 228 g/mol. The van der Waals surface area contributed by atoms with E-state index < -0.39 is 0 Å². The predicted octanol–water partition coefficient (Wildman–Crippen LogP) is 4.24. The number of nitrogens with one attached hydrogen (secondary N) is 1. The summed E-state index contributed by atoms with van der Waals surface area (Å²) in [7, 11) is 0. The average molecular weight is 244 g/mol. The fourth-order valence-corrected chi connectivity index (χ4v) is 2.29. The van der Waals surface area contributed by atoms with Crippen molar-refractivity contribution in [3.8, 4) is 11.3 Å². The van der Waals surface area contributed by atoms with Crippen LogP contribution in [0.25, 0.3) is 11.3 Å². The van der Waals surface area contributed by atoms with Crippen molar-refractivity contribution in [1.29, 1.82) is 0 Å². The number of aromatic nitrogens is 2. The third-order valence-electron chi connectivity index (χ3n) is 2.81.